The van der Waals surface area contributed by atoms with Gasteiger partial charge in [0, 0.05) is 11.8 Å². The molecule has 1 aromatic carbocycles. The zero-order valence-corrected chi connectivity index (χ0v) is 12.9. The van der Waals surface area contributed by atoms with Gasteiger partial charge in [-0.2, -0.15) is 0 Å². The molecule has 0 atom stereocenters. The van der Waals surface area contributed by atoms with Gasteiger partial charge in [0.25, 0.3) is 5.91 Å². The van der Waals surface area contributed by atoms with E-state index >= 15 is 0 Å². The van der Waals surface area contributed by atoms with E-state index in [0.29, 0.717) is 11.4 Å². The molecule has 0 unspecified atom stereocenters. The summed E-state index contributed by atoms with van der Waals surface area (Å²) in [7, 11) is 1.63. The fourth-order valence-corrected chi connectivity index (χ4v) is 2.26. The van der Waals surface area contributed by atoms with Crippen molar-refractivity contribution in [1.29, 1.82) is 0 Å². The maximum absolute atomic E-state index is 12.1. The molecule has 0 saturated heterocycles. The third-order valence-electron chi connectivity index (χ3n) is 3.49. The minimum absolute atomic E-state index is 0.249. The first kappa shape index (κ1) is 14.9. The van der Waals surface area contributed by atoms with Gasteiger partial charge in [-0.05, 0) is 36.8 Å². The third kappa shape index (κ3) is 3.11. The number of benzene rings is 1. The lowest BCUT2D eigenvalue weighted by Gasteiger charge is -2.06. The van der Waals surface area contributed by atoms with Crippen molar-refractivity contribution in [3.63, 3.8) is 0 Å². The Bertz CT molecular complexity index is 789. The van der Waals surface area contributed by atoms with Gasteiger partial charge >= 0.3 is 0 Å². The number of carbonyl (C=O) groups is 1. The number of rotatable bonds is 5. The second-order valence-corrected chi connectivity index (χ2v) is 4.95. The standard InChI is InChI=1S/C17H17N3O3/c1-3-13-10-16(18-17(21)12-8-9-23-11-12)19-20(13)14-4-6-15(22-2)7-5-14/h4-11H,3H2,1-2H3,(H,18,19,21). The number of anilines is 1. The Morgan fingerprint density at radius 1 is 1.30 bits per heavy atom. The Labute approximate surface area is 133 Å². The number of methoxy groups -OCH3 is 1. The van der Waals surface area contributed by atoms with Gasteiger partial charge < -0.3 is 14.5 Å². The van der Waals surface area contributed by atoms with Crippen LogP contribution in [-0.4, -0.2) is 22.8 Å². The molecule has 0 aliphatic rings. The first-order valence-corrected chi connectivity index (χ1v) is 7.28. The van der Waals surface area contributed by atoms with E-state index in [1.165, 1.54) is 12.5 Å². The minimum Gasteiger partial charge on any atom is -0.497 e. The van der Waals surface area contributed by atoms with E-state index in [-0.39, 0.29) is 5.91 Å². The lowest BCUT2D eigenvalue weighted by atomic mass is 10.2. The molecule has 1 amide bonds. The van der Waals surface area contributed by atoms with Crippen LogP contribution in [0.4, 0.5) is 5.82 Å². The van der Waals surface area contributed by atoms with Crippen molar-refractivity contribution in [2.24, 2.45) is 0 Å². The average Bonchev–Trinajstić information content (AvgIpc) is 3.24. The maximum Gasteiger partial charge on any atom is 0.260 e. The van der Waals surface area contributed by atoms with Crippen molar-refractivity contribution in [3.05, 3.63) is 60.2 Å². The number of ether oxygens (including phenoxy) is 1. The van der Waals surface area contributed by atoms with E-state index in [1.54, 1.807) is 13.2 Å². The molecule has 0 aliphatic heterocycles. The van der Waals surface area contributed by atoms with Gasteiger partial charge in [-0.3, -0.25) is 4.79 Å². The predicted molar refractivity (Wildman–Crippen MR) is 86.2 cm³/mol. The number of furan rings is 1. The van der Waals surface area contributed by atoms with Crippen molar-refractivity contribution in [2.45, 2.75) is 13.3 Å². The van der Waals surface area contributed by atoms with Crippen LogP contribution in [0, 0.1) is 0 Å². The zero-order valence-electron chi connectivity index (χ0n) is 12.9. The van der Waals surface area contributed by atoms with Crippen molar-refractivity contribution in [3.8, 4) is 11.4 Å². The van der Waals surface area contributed by atoms with Crippen LogP contribution in [-0.2, 0) is 6.42 Å². The molecule has 0 bridgehead atoms. The Hall–Kier alpha value is -3.02. The number of nitrogens with zero attached hydrogens (tertiary/aromatic N) is 2. The number of nitrogens with one attached hydrogen (secondary N) is 1. The molecule has 0 spiro atoms. The van der Waals surface area contributed by atoms with Crippen LogP contribution < -0.4 is 10.1 Å². The lowest BCUT2D eigenvalue weighted by Crippen LogP contribution is -2.11. The largest absolute Gasteiger partial charge is 0.497 e. The molecule has 0 radical (unpaired) electrons. The van der Waals surface area contributed by atoms with E-state index in [4.69, 9.17) is 9.15 Å². The normalized spacial score (nSPS) is 10.5. The fraction of sp³-hybridized carbons (Fsp3) is 0.176. The Morgan fingerprint density at radius 2 is 2.09 bits per heavy atom. The average molecular weight is 311 g/mol. The van der Waals surface area contributed by atoms with E-state index in [9.17, 15) is 4.79 Å². The first-order valence-electron chi connectivity index (χ1n) is 7.28. The van der Waals surface area contributed by atoms with E-state index < -0.39 is 0 Å². The number of aromatic nitrogens is 2. The van der Waals surface area contributed by atoms with Crippen molar-refractivity contribution in [1.82, 2.24) is 9.78 Å². The summed E-state index contributed by atoms with van der Waals surface area (Å²) >= 11 is 0. The molecular weight excluding hydrogens is 294 g/mol. The molecule has 23 heavy (non-hydrogen) atoms. The molecule has 0 aliphatic carbocycles. The van der Waals surface area contributed by atoms with Crippen molar-refractivity contribution >= 4 is 11.7 Å². The predicted octanol–water partition coefficient (Wildman–Crippen LogP) is 3.29. The van der Waals surface area contributed by atoms with Gasteiger partial charge in [0.15, 0.2) is 5.82 Å². The topological polar surface area (TPSA) is 69.3 Å². The molecule has 6 nitrogen and oxygen atoms in total. The van der Waals surface area contributed by atoms with Crippen LogP contribution in [0.3, 0.4) is 0 Å². The Balaban J connectivity index is 1.86. The first-order chi connectivity index (χ1) is 11.2. The molecule has 1 N–H and O–H groups in total. The molecule has 6 heteroatoms. The van der Waals surface area contributed by atoms with E-state index in [0.717, 1.165) is 23.6 Å². The van der Waals surface area contributed by atoms with Crippen LogP contribution in [0.25, 0.3) is 5.69 Å². The van der Waals surface area contributed by atoms with Gasteiger partial charge in [0.1, 0.15) is 12.0 Å². The van der Waals surface area contributed by atoms with Gasteiger partial charge in [-0.1, -0.05) is 6.92 Å². The molecule has 3 aromatic rings. The summed E-state index contributed by atoms with van der Waals surface area (Å²) in [5.41, 5.74) is 2.37. The smallest absolute Gasteiger partial charge is 0.260 e. The summed E-state index contributed by atoms with van der Waals surface area (Å²) in [5, 5.41) is 7.25. The highest BCUT2D eigenvalue weighted by Gasteiger charge is 2.13. The molecular formula is C17H17N3O3. The van der Waals surface area contributed by atoms with Crippen molar-refractivity contribution in [2.75, 3.05) is 12.4 Å². The molecule has 0 saturated carbocycles. The van der Waals surface area contributed by atoms with Crippen LogP contribution >= 0.6 is 0 Å². The van der Waals surface area contributed by atoms with Gasteiger partial charge in [0.05, 0.1) is 24.6 Å². The molecule has 0 fully saturated rings. The summed E-state index contributed by atoms with van der Waals surface area (Å²) in [6.45, 7) is 2.04. The highest BCUT2D eigenvalue weighted by atomic mass is 16.5. The second kappa shape index (κ2) is 6.39. The van der Waals surface area contributed by atoms with Crippen LogP contribution in [0.1, 0.15) is 23.0 Å². The number of carbonyl (C=O) groups excluding carboxylic acids is 1. The Kier molecular flexibility index (Phi) is 4.14. The maximum atomic E-state index is 12.1. The van der Waals surface area contributed by atoms with Crippen LogP contribution in [0.5, 0.6) is 5.75 Å². The zero-order chi connectivity index (χ0) is 16.2. The molecule has 3 rings (SSSR count). The number of aryl methyl sites for hydroxylation is 1. The quantitative estimate of drug-likeness (QED) is 0.785. The summed E-state index contributed by atoms with van der Waals surface area (Å²) < 4.78 is 11.9. The highest BCUT2D eigenvalue weighted by Crippen LogP contribution is 2.19. The van der Waals surface area contributed by atoms with E-state index in [2.05, 4.69) is 10.4 Å². The number of hydrogen-bond acceptors (Lipinski definition) is 4. The molecule has 2 aromatic heterocycles. The Morgan fingerprint density at radius 3 is 2.70 bits per heavy atom. The van der Waals surface area contributed by atoms with E-state index in [1.807, 2.05) is 41.9 Å². The summed E-state index contributed by atoms with van der Waals surface area (Å²) in [6.07, 6.45) is 3.65. The minimum atomic E-state index is -0.249. The second-order valence-electron chi connectivity index (χ2n) is 4.95. The van der Waals surface area contributed by atoms with Crippen LogP contribution in [0.15, 0.2) is 53.3 Å². The number of hydrogen-bond donors (Lipinski definition) is 1. The summed E-state index contributed by atoms with van der Waals surface area (Å²) in [5.74, 6) is 1.04. The van der Waals surface area contributed by atoms with Gasteiger partial charge in [-0.15, -0.1) is 5.10 Å². The molecule has 118 valence electrons. The summed E-state index contributed by atoms with van der Waals surface area (Å²) in [4.78, 5) is 12.1. The number of amides is 1. The van der Waals surface area contributed by atoms with Gasteiger partial charge in [-0.25, -0.2) is 4.68 Å². The highest BCUT2D eigenvalue weighted by molar-refractivity contribution is 6.03. The van der Waals surface area contributed by atoms with Crippen LogP contribution in [0.2, 0.25) is 0 Å². The molecule has 2 heterocycles. The fourth-order valence-electron chi connectivity index (χ4n) is 2.26. The van der Waals surface area contributed by atoms with Gasteiger partial charge in [0.2, 0.25) is 0 Å². The third-order valence-corrected chi connectivity index (χ3v) is 3.49. The summed E-state index contributed by atoms with van der Waals surface area (Å²) in [6, 6.07) is 11.1. The lowest BCUT2D eigenvalue weighted by molar-refractivity contribution is 0.102. The SMILES string of the molecule is CCc1cc(NC(=O)c2ccoc2)nn1-c1ccc(OC)cc1. The van der Waals surface area contributed by atoms with Crippen molar-refractivity contribution < 1.29 is 13.9 Å². The monoisotopic (exact) mass is 311 g/mol.